The van der Waals surface area contributed by atoms with E-state index in [4.69, 9.17) is 0 Å². The van der Waals surface area contributed by atoms with Crippen LogP contribution in [-0.2, 0) is 14.4 Å². The maximum absolute atomic E-state index is 12.2. The van der Waals surface area contributed by atoms with E-state index in [-0.39, 0.29) is 18.2 Å². The van der Waals surface area contributed by atoms with Crippen molar-refractivity contribution in [1.82, 2.24) is 10.6 Å². The van der Waals surface area contributed by atoms with E-state index in [2.05, 4.69) is 10.6 Å². The monoisotopic (exact) mass is 318 g/mol. The van der Waals surface area contributed by atoms with Crippen molar-refractivity contribution in [2.45, 2.75) is 44.7 Å². The summed E-state index contributed by atoms with van der Waals surface area (Å²) in [5.41, 5.74) is 0.812. The summed E-state index contributed by atoms with van der Waals surface area (Å²) in [5.74, 6) is -1.22. The van der Waals surface area contributed by atoms with Crippen LogP contribution in [0.4, 0.5) is 0 Å². The van der Waals surface area contributed by atoms with Gasteiger partial charge in [-0.3, -0.25) is 9.59 Å². The number of carboxylic acids is 1. The van der Waals surface area contributed by atoms with Gasteiger partial charge in [-0.2, -0.15) is 0 Å². The molecule has 1 saturated carbocycles. The summed E-state index contributed by atoms with van der Waals surface area (Å²) < 4.78 is 0. The first-order valence-corrected chi connectivity index (χ1v) is 7.80. The van der Waals surface area contributed by atoms with Crippen molar-refractivity contribution in [2.24, 2.45) is 5.92 Å². The summed E-state index contributed by atoms with van der Waals surface area (Å²) in [6.45, 7) is 1.39. The van der Waals surface area contributed by atoms with E-state index in [0.29, 0.717) is 12.3 Å². The molecule has 2 atom stereocenters. The van der Waals surface area contributed by atoms with E-state index in [0.717, 1.165) is 18.4 Å². The topological polar surface area (TPSA) is 95.5 Å². The fourth-order valence-corrected chi connectivity index (χ4v) is 2.53. The molecule has 2 unspecified atom stereocenters. The van der Waals surface area contributed by atoms with E-state index in [1.807, 2.05) is 30.3 Å². The van der Waals surface area contributed by atoms with Crippen LogP contribution in [-0.4, -0.2) is 28.9 Å². The molecule has 0 saturated heterocycles. The Balaban J connectivity index is 1.98. The molecule has 2 rings (SSSR count). The number of carbonyl (C=O) groups is 3. The number of aliphatic carboxylic acids is 1. The van der Waals surface area contributed by atoms with Gasteiger partial charge in [0.1, 0.15) is 6.04 Å². The molecule has 23 heavy (non-hydrogen) atoms. The lowest BCUT2D eigenvalue weighted by molar-refractivity contribution is -0.142. The second-order valence-corrected chi connectivity index (χ2v) is 6.01. The number of hydrogen-bond acceptors (Lipinski definition) is 3. The molecule has 1 fully saturated rings. The summed E-state index contributed by atoms with van der Waals surface area (Å²) in [7, 11) is 0. The van der Waals surface area contributed by atoms with E-state index in [1.165, 1.54) is 6.92 Å². The largest absolute Gasteiger partial charge is 0.480 e. The van der Waals surface area contributed by atoms with Crippen molar-refractivity contribution in [3.63, 3.8) is 0 Å². The maximum atomic E-state index is 12.2. The molecule has 1 aromatic rings. The Morgan fingerprint density at radius 1 is 1.17 bits per heavy atom. The van der Waals surface area contributed by atoms with Crippen LogP contribution in [0.15, 0.2) is 30.3 Å². The van der Waals surface area contributed by atoms with Crippen LogP contribution in [0.1, 0.15) is 44.2 Å². The van der Waals surface area contributed by atoms with Crippen LogP contribution in [0, 0.1) is 5.92 Å². The molecule has 0 spiro atoms. The Morgan fingerprint density at radius 3 is 2.35 bits per heavy atom. The smallest absolute Gasteiger partial charge is 0.326 e. The highest BCUT2D eigenvalue weighted by molar-refractivity contribution is 5.84. The van der Waals surface area contributed by atoms with Gasteiger partial charge in [0, 0.05) is 6.92 Å². The van der Waals surface area contributed by atoms with Crippen LogP contribution >= 0.6 is 0 Å². The lowest BCUT2D eigenvalue weighted by Crippen LogP contribution is -2.42. The summed E-state index contributed by atoms with van der Waals surface area (Å²) >= 11 is 0. The number of carbonyl (C=O) groups excluding carboxylic acids is 2. The van der Waals surface area contributed by atoms with E-state index in [1.54, 1.807) is 0 Å². The molecule has 0 radical (unpaired) electrons. The van der Waals surface area contributed by atoms with Gasteiger partial charge in [0.05, 0.1) is 12.5 Å². The average molecular weight is 318 g/mol. The highest BCUT2D eigenvalue weighted by Gasteiger charge is 2.30. The van der Waals surface area contributed by atoms with Crippen molar-refractivity contribution in [1.29, 1.82) is 0 Å². The van der Waals surface area contributed by atoms with Gasteiger partial charge in [0.2, 0.25) is 11.8 Å². The van der Waals surface area contributed by atoms with Gasteiger partial charge < -0.3 is 15.7 Å². The Morgan fingerprint density at radius 2 is 1.83 bits per heavy atom. The zero-order valence-corrected chi connectivity index (χ0v) is 13.1. The van der Waals surface area contributed by atoms with Gasteiger partial charge in [0.15, 0.2) is 0 Å². The van der Waals surface area contributed by atoms with E-state index < -0.39 is 18.1 Å². The third-order valence-electron chi connectivity index (χ3n) is 3.87. The molecular weight excluding hydrogens is 296 g/mol. The first-order valence-electron chi connectivity index (χ1n) is 7.80. The van der Waals surface area contributed by atoms with Gasteiger partial charge in [-0.05, 0) is 17.9 Å². The second kappa shape index (κ2) is 7.76. The predicted octanol–water partition coefficient (Wildman–Crippen LogP) is 1.62. The third-order valence-corrected chi connectivity index (χ3v) is 3.87. The highest BCUT2D eigenvalue weighted by atomic mass is 16.4. The van der Waals surface area contributed by atoms with Gasteiger partial charge >= 0.3 is 5.97 Å². The van der Waals surface area contributed by atoms with Crippen molar-refractivity contribution >= 4 is 17.8 Å². The minimum Gasteiger partial charge on any atom is -0.480 e. The lowest BCUT2D eigenvalue weighted by Gasteiger charge is -2.20. The van der Waals surface area contributed by atoms with E-state index in [9.17, 15) is 19.5 Å². The fourth-order valence-electron chi connectivity index (χ4n) is 2.53. The number of rotatable bonds is 8. The molecule has 124 valence electrons. The molecule has 1 aliphatic carbocycles. The summed E-state index contributed by atoms with van der Waals surface area (Å²) in [5, 5.41) is 14.5. The molecule has 3 N–H and O–H groups in total. The summed E-state index contributed by atoms with van der Waals surface area (Å²) in [6, 6.07) is 7.84. The van der Waals surface area contributed by atoms with Gasteiger partial charge in [-0.1, -0.05) is 43.2 Å². The molecule has 1 aliphatic rings. The molecule has 0 heterocycles. The third kappa shape index (κ3) is 5.73. The van der Waals surface area contributed by atoms with Crippen LogP contribution in [0.25, 0.3) is 0 Å². The minimum absolute atomic E-state index is 0.0119. The normalized spacial score (nSPS) is 16.2. The average Bonchev–Trinajstić information content (AvgIpc) is 3.30. The molecule has 6 nitrogen and oxygen atoms in total. The second-order valence-electron chi connectivity index (χ2n) is 6.01. The van der Waals surface area contributed by atoms with Crippen molar-refractivity contribution in [2.75, 3.05) is 0 Å². The number of nitrogens with one attached hydrogen (secondary N) is 2. The number of hydrogen-bond donors (Lipinski definition) is 3. The van der Waals surface area contributed by atoms with Crippen LogP contribution in [0.2, 0.25) is 0 Å². The Hall–Kier alpha value is -2.37. The SMILES string of the molecule is CC(=O)NC(CC(=O)NC(CC1CC1)C(=O)O)c1ccccc1. The zero-order valence-electron chi connectivity index (χ0n) is 13.1. The molecular formula is C17H22N2O4. The first-order chi connectivity index (χ1) is 11.0. The molecule has 6 heteroatoms. The first kappa shape index (κ1) is 17.0. The molecule has 1 aromatic carbocycles. The minimum atomic E-state index is -1.01. The van der Waals surface area contributed by atoms with Crippen LogP contribution < -0.4 is 10.6 Å². The quantitative estimate of drug-likeness (QED) is 0.679. The fraction of sp³-hybridized carbons (Fsp3) is 0.471. The maximum Gasteiger partial charge on any atom is 0.326 e. The molecule has 0 aromatic heterocycles. The Labute approximate surface area is 135 Å². The molecule has 2 amide bonds. The Bertz CT molecular complexity index is 569. The van der Waals surface area contributed by atoms with Crippen LogP contribution in [0.3, 0.4) is 0 Å². The van der Waals surface area contributed by atoms with Gasteiger partial charge in [-0.25, -0.2) is 4.79 Å². The van der Waals surface area contributed by atoms with Crippen molar-refractivity contribution in [3.8, 4) is 0 Å². The predicted molar refractivity (Wildman–Crippen MR) is 84.5 cm³/mol. The zero-order chi connectivity index (χ0) is 16.8. The van der Waals surface area contributed by atoms with Crippen molar-refractivity contribution < 1.29 is 19.5 Å². The molecule has 0 bridgehead atoms. The Kier molecular flexibility index (Phi) is 5.73. The number of amides is 2. The van der Waals surface area contributed by atoms with Gasteiger partial charge in [-0.15, -0.1) is 0 Å². The summed E-state index contributed by atoms with van der Waals surface area (Å²) in [4.78, 5) is 34.8. The number of benzene rings is 1. The highest BCUT2D eigenvalue weighted by Crippen LogP contribution is 2.33. The van der Waals surface area contributed by atoms with Crippen LogP contribution in [0.5, 0.6) is 0 Å². The number of carboxylic acid groups (broad SMARTS) is 1. The lowest BCUT2D eigenvalue weighted by atomic mass is 10.0. The standard InChI is InChI=1S/C17H22N2O4/c1-11(20)18-14(13-5-3-2-4-6-13)10-16(21)19-15(17(22)23)9-12-7-8-12/h2-6,12,14-15H,7-10H2,1H3,(H,18,20)(H,19,21)(H,22,23). The summed E-state index contributed by atoms with van der Waals surface area (Å²) in [6.07, 6.45) is 2.53. The van der Waals surface area contributed by atoms with Crippen molar-refractivity contribution in [3.05, 3.63) is 35.9 Å². The van der Waals surface area contributed by atoms with E-state index >= 15 is 0 Å². The molecule has 0 aliphatic heterocycles. The van der Waals surface area contributed by atoms with Gasteiger partial charge in [0.25, 0.3) is 0 Å².